The Balaban J connectivity index is 1.89. The van der Waals surface area contributed by atoms with E-state index in [2.05, 4.69) is 24.0 Å². The fourth-order valence-corrected chi connectivity index (χ4v) is 3.81. The van der Waals surface area contributed by atoms with Crippen LogP contribution in [0, 0.1) is 6.92 Å². The standard InChI is InChI=1S/C18H23F3N2/c1-11-15-10-13(18(19,20)21)6-9-16(15)22-17(11)12-4-7-14(8-5-12)23(2)3/h6,9-10,12,14,22H,4-5,7-8H2,1-3H3. The van der Waals surface area contributed by atoms with Gasteiger partial charge in [0.25, 0.3) is 0 Å². The van der Waals surface area contributed by atoms with Crippen LogP contribution in [0.1, 0.15) is 48.4 Å². The molecule has 1 aliphatic rings. The van der Waals surface area contributed by atoms with Crippen LogP contribution in [0.3, 0.4) is 0 Å². The summed E-state index contributed by atoms with van der Waals surface area (Å²) < 4.78 is 38.7. The van der Waals surface area contributed by atoms with Crippen molar-refractivity contribution < 1.29 is 13.2 Å². The first kappa shape index (κ1) is 16.4. The Kier molecular flexibility index (Phi) is 4.17. The van der Waals surface area contributed by atoms with Gasteiger partial charge in [-0.2, -0.15) is 13.2 Å². The van der Waals surface area contributed by atoms with E-state index in [0.717, 1.165) is 48.5 Å². The first-order valence-corrected chi connectivity index (χ1v) is 8.13. The van der Waals surface area contributed by atoms with Crippen LogP contribution in [0.15, 0.2) is 18.2 Å². The number of nitrogens with one attached hydrogen (secondary N) is 1. The van der Waals surface area contributed by atoms with E-state index in [1.165, 1.54) is 6.07 Å². The number of hydrogen-bond donors (Lipinski definition) is 1. The fourth-order valence-electron chi connectivity index (χ4n) is 3.81. The van der Waals surface area contributed by atoms with Crippen molar-refractivity contribution in [3.8, 4) is 0 Å². The molecule has 1 heterocycles. The Morgan fingerprint density at radius 3 is 2.30 bits per heavy atom. The number of fused-ring (bicyclic) bond motifs is 1. The summed E-state index contributed by atoms with van der Waals surface area (Å²) in [5.74, 6) is 0.424. The maximum absolute atomic E-state index is 12.9. The third-order valence-electron chi connectivity index (χ3n) is 5.26. The Bertz CT molecular complexity index is 692. The van der Waals surface area contributed by atoms with Gasteiger partial charge in [-0.05, 0) is 76.4 Å². The lowest BCUT2D eigenvalue weighted by atomic mass is 9.82. The van der Waals surface area contributed by atoms with E-state index in [4.69, 9.17) is 0 Å². The Hall–Kier alpha value is -1.49. The molecular formula is C18H23F3N2. The average Bonchev–Trinajstić information content (AvgIpc) is 2.83. The zero-order chi connectivity index (χ0) is 16.8. The van der Waals surface area contributed by atoms with Gasteiger partial charge in [-0.3, -0.25) is 0 Å². The topological polar surface area (TPSA) is 19.0 Å². The molecule has 5 heteroatoms. The monoisotopic (exact) mass is 324 g/mol. The van der Waals surface area contributed by atoms with Crippen LogP contribution in [0.2, 0.25) is 0 Å². The molecule has 0 amide bonds. The van der Waals surface area contributed by atoms with Gasteiger partial charge in [0, 0.05) is 22.6 Å². The molecule has 0 aliphatic heterocycles. The summed E-state index contributed by atoms with van der Waals surface area (Å²) in [6.45, 7) is 1.94. The highest BCUT2D eigenvalue weighted by atomic mass is 19.4. The van der Waals surface area contributed by atoms with Crippen molar-refractivity contribution in [3.63, 3.8) is 0 Å². The SMILES string of the molecule is Cc1c(C2CCC(N(C)C)CC2)[nH]c2ccc(C(F)(F)F)cc12. The Morgan fingerprint density at radius 1 is 1.09 bits per heavy atom. The molecule has 2 aromatic rings. The van der Waals surface area contributed by atoms with Crippen LogP contribution in [-0.2, 0) is 6.18 Å². The molecule has 1 aromatic heterocycles. The summed E-state index contributed by atoms with van der Waals surface area (Å²) in [5.41, 5.74) is 2.33. The lowest BCUT2D eigenvalue weighted by Crippen LogP contribution is -2.31. The van der Waals surface area contributed by atoms with Gasteiger partial charge in [0.2, 0.25) is 0 Å². The zero-order valence-electron chi connectivity index (χ0n) is 13.8. The molecule has 1 fully saturated rings. The van der Waals surface area contributed by atoms with Crippen molar-refractivity contribution in [2.24, 2.45) is 0 Å². The second kappa shape index (κ2) is 5.86. The minimum Gasteiger partial charge on any atom is -0.358 e. The largest absolute Gasteiger partial charge is 0.416 e. The predicted molar refractivity (Wildman–Crippen MR) is 86.7 cm³/mol. The first-order chi connectivity index (χ1) is 10.8. The minimum atomic E-state index is -4.29. The van der Waals surface area contributed by atoms with E-state index in [1.807, 2.05) is 6.92 Å². The molecule has 0 saturated heterocycles. The van der Waals surface area contributed by atoms with Crippen LogP contribution >= 0.6 is 0 Å². The number of alkyl halides is 3. The van der Waals surface area contributed by atoms with Gasteiger partial charge >= 0.3 is 6.18 Å². The molecule has 1 N–H and O–H groups in total. The maximum Gasteiger partial charge on any atom is 0.416 e. The number of hydrogen-bond acceptors (Lipinski definition) is 1. The van der Waals surface area contributed by atoms with Gasteiger partial charge in [0.15, 0.2) is 0 Å². The van der Waals surface area contributed by atoms with Gasteiger partial charge in [-0.25, -0.2) is 0 Å². The molecule has 1 aliphatic carbocycles. The van der Waals surface area contributed by atoms with Crippen LogP contribution in [0.25, 0.3) is 10.9 Å². The number of H-pyrrole nitrogens is 1. The average molecular weight is 324 g/mol. The highest BCUT2D eigenvalue weighted by Crippen LogP contribution is 2.39. The van der Waals surface area contributed by atoms with E-state index in [0.29, 0.717) is 17.3 Å². The number of halogens is 3. The van der Waals surface area contributed by atoms with E-state index < -0.39 is 11.7 Å². The molecule has 0 atom stereocenters. The molecule has 1 aromatic carbocycles. The van der Waals surface area contributed by atoms with Crippen LogP contribution in [0.5, 0.6) is 0 Å². The number of aromatic amines is 1. The maximum atomic E-state index is 12.9. The number of benzene rings is 1. The summed E-state index contributed by atoms with van der Waals surface area (Å²) in [6.07, 6.45) is 0.160. The molecular weight excluding hydrogens is 301 g/mol. The summed E-state index contributed by atoms with van der Waals surface area (Å²) in [7, 11) is 4.22. The van der Waals surface area contributed by atoms with Crippen molar-refractivity contribution >= 4 is 10.9 Å². The summed E-state index contributed by atoms with van der Waals surface area (Å²) in [6, 6.07) is 4.61. The molecule has 126 valence electrons. The third-order valence-corrected chi connectivity index (χ3v) is 5.26. The quantitative estimate of drug-likeness (QED) is 0.816. The smallest absolute Gasteiger partial charge is 0.358 e. The predicted octanol–water partition coefficient (Wildman–Crippen LogP) is 5.08. The van der Waals surface area contributed by atoms with Gasteiger partial charge in [-0.15, -0.1) is 0 Å². The van der Waals surface area contributed by atoms with Crippen molar-refractivity contribution in [1.29, 1.82) is 0 Å². The summed E-state index contributed by atoms with van der Waals surface area (Å²) in [5, 5.41) is 0.699. The minimum absolute atomic E-state index is 0.424. The molecule has 0 unspecified atom stereocenters. The highest BCUT2D eigenvalue weighted by Gasteiger charge is 2.31. The lowest BCUT2D eigenvalue weighted by molar-refractivity contribution is -0.137. The highest BCUT2D eigenvalue weighted by molar-refractivity contribution is 5.85. The molecule has 23 heavy (non-hydrogen) atoms. The van der Waals surface area contributed by atoms with Crippen molar-refractivity contribution in [2.75, 3.05) is 14.1 Å². The van der Waals surface area contributed by atoms with Crippen LogP contribution in [-0.4, -0.2) is 30.0 Å². The second-order valence-electron chi connectivity index (χ2n) is 6.89. The molecule has 0 spiro atoms. The summed E-state index contributed by atoms with van der Waals surface area (Å²) >= 11 is 0. The van der Waals surface area contributed by atoms with Gasteiger partial charge < -0.3 is 9.88 Å². The zero-order valence-corrected chi connectivity index (χ0v) is 13.8. The molecule has 0 bridgehead atoms. The number of aromatic nitrogens is 1. The Labute approximate surface area is 134 Å². The van der Waals surface area contributed by atoms with E-state index in [1.54, 1.807) is 6.07 Å². The number of aryl methyl sites for hydroxylation is 1. The van der Waals surface area contributed by atoms with E-state index >= 15 is 0 Å². The van der Waals surface area contributed by atoms with Crippen LogP contribution in [0.4, 0.5) is 13.2 Å². The van der Waals surface area contributed by atoms with Crippen molar-refractivity contribution in [1.82, 2.24) is 9.88 Å². The lowest BCUT2D eigenvalue weighted by Gasteiger charge is -2.32. The van der Waals surface area contributed by atoms with E-state index in [9.17, 15) is 13.2 Å². The molecule has 1 saturated carbocycles. The van der Waals surface area contributed by atoms with Crippen molar-refractivity contribution in [2.45, 2.75) is 50.7 Å². The summed E-state index contributed by atoms with van der Waals surface area (Å²) in [4.78, 5) is 5.64. The normalized spacial score (nSPS) is 22.9. The third kappa shape index (κ3) is 3.11. The Morgan fingerprint density at radius 2 is 1.74 bits per heavy atom. The van der Waals surface area contributed by atoms with Crippen LogP contribution < -0.4 is 0 Å². The van der Waals surface area contributed by atoms with Gasteiger partial charge in [0.05, 0.1) is 5.56 Å². The van der Waals surface area contributed by atoms with Crippen molar-refractivity contribution in [3.05, 3.63) is 35.0 Å². The first-order valence-electron chi connectivity index (χ1n) is 8.13. The van der Waals surface area contributed by atoms with Gasteiger partial charge in [0.1, 0.15) is 0 Å². The molecule has 0 radical (unpaired) electrons. The number of nitrogens with zero attached hydrogens (tertiary/aromatic N) is 1. The van der Waals surface area contributed by atoms with E-state index in [-0.39, 0.29) is 0 Å². The number of rotatable bonds is 2. The molecule has 3 rings (SSSR count). The molecule has 2 nitrogen and oxygen atoms in total. The fraction of sp³-hybridized carbons (Fsp3) is 0.556. The van der Waals surface area contributed by atoms with Gasteiger partial charge in [-0.1, -0.05) is 0 Å². The second-order valence-corrected chi connectivity index (χ2v) is 6.89.